The smallest absolute Gasteiger partial charge is 0.243 e. The summed E-state index contributed by atoms with van der Waals surface area (Å²) in [5, 5.41) is 3.34. The number of nitrogens with one attached hydrogen (secondary N) is 1. The summed E-state index contributed by atoms with van der Waals surface area (Å²) in [5.41, 5.74) is 1.50. The molecule has 116 valence electrons. The molecule has 0 unspecified atom stereocenters. The van der Waals surface area contributed by atoms with Gasteiger partial charge in [0.15, 0.2) is 0 Å². The van der Waals surface area contributed by atoms with Crippen LogP contribution in [0.5, 0.6) is 5.75 Å². The van der Waals surface area contributed by atoms with E-state index in [2.05, 4.69) is 5.32 Å². The zero-order valence-electron chi connectivity index (χ0n) is 12.7. The summed E-state index contributed by atoms with van der Waals surface area (Å²) in [6.45, 7) is 6.78. The lowest BCUT2D eigenvalue weighted by Gasteiger charge is -2.21. The molecule has 0 bridgehead atoms. The summed E-state index contributed by atoms with van der Waals surface area (Å²) in [5.74, 6) is 1.61. The number of fused-ring (bicyclic) bond motifs is 1. The highest BCUT2D eigenvalue weighted by Crippen LogP contribution is 2.34. The Hall–Kier alpha value is -1.11. The first kappa shape index (κ1) is 14.8. The quantitative estimate of drug-likeness (QED) is 0.910. The number of sulfonamides is 1. The number of methoxy groups -OCH3 is 1. The van der Waals surface area contributed by atoms with Crippen LogP contribution in [0.3, 0.4) is 0 Å². The molecule has 0 aromatic heterocycles. The normalized spacial score (nSPS) is 26.0. The van der Waals surface area contributed by atoms with E-state index in [0.717, 1.165) is 24.2 Å². The summed E-state index contributed by atoms with van der Waals surface area (Å²) in [4.78, 5) is 0.441. The van der Waals surface area contributed by atoms with E-state index >= 15 is 0 Å². The van der Waals surface area contributed by atoms with E-state index in [9.17, 15) is 8.42 Å². The predicted octanol–water partition coefficient (Wildman–Crippen LogP) is 1.15. The standard InChI is InChI=1S/C15H22N2O3S/c1-10-4-14(20-3)5-11(2)15(10)21(18,19)17-8-12-6-16-7-13(12)9-17/h4-5,12-13,16H,6-9H2,1-3H3/t12-,13+. The van der Waals surface area contributed by atoms with Crippen LogP contribution < -0.4 is 10.1 Å². The molecule has 2 aliphatic heterocycles. The fourth-order valence-corrected chi connectivity index (χ4v) is 5.54. The molecule has 0 saturated carbocycles. The lowest BCUT2D eigenvalue weighted by Crippen LogP contribution is -2.32. The van der Waals surface area contributed by atoms with Crippen LogP contribution in [-0.2, 0) is 10.0 Å². The van der Waals surface area contributed by atoms with Gasteiger partial charge in [0.05, 0.1) is 12.0 Å². The minimum Gasteiger partial charge on any atom is -0.497 e. The fourth-order valence-electron chi connectivity index (χ4n) is 3.57. The van der Waals surface area contributed by atoms with Crippen molar-refractivity contribution in [2.24, 2.45) is 11.8 Å². The Morgan fingerprint density at radius 3 is 2.14 bits per heavy atom. The van der Waals surface area contributed by atoms with Gasteiger partial charge >= 0.3 is 0 Å². The van der Waals surface area contributed by atoms with Gasteiger partial charge in [0, 0.05) is 13.1 Å². The average molecular weight is 310 g/mol. The number of nitrogens with zero attached hydrogens (tertiary/aromatic N) is 1. The second-order valence-corrected chi connectivity index (χ2v) is 7.97. The lowest BCUT2D eigenvalue weighted by molar-refractivity contribution is 0.413. The Kier molecular flexibility index (Phi) is 3.71. The second kappa shape index (κ2) is 5.26. The van der Waals surface area contributed by atoms with Crippen molar-refractivity contribution in [2.75, 3.05) is 33.3 Å². The monoisotopic (exact) mass is 310 g/mol. The molecular formula is C15H22N2O3S. The van der Waals surface area contributed by atoms with Crippen molar-refractivity contribution < 1.29 is 13.2 Å². The van der Waals surface area contributed by atoms with Crippen molar-refractivity contribution in [3.63, 3.8) is 0 Å². The van der Waals surface area contributed by atoms with Gasteiger partial charge in [-0.25, -0.2) is 8.42 Å². The first-order valence-corrected chi connectivity index (χ1v) is 8.73. The topological polar surface area (TPSA) is 58.6 Å². The second-order valence-electron chi connectivity index (χ2n) is 6.09. The molecule has 0 aliphatic carbocycles. The molecule has 0 spiro atoms. The van der Waals surface area contributed by atoms with Crippen molar-refractivity contribution in [2.45, 2.75) is 18.7 Å². The summed E-state index contributed by atoms with van der Waals surface area (Å²) >= 11 is 0. The lowest BCUT2D eigenvalue weighted by atomic mass is 10.0. The average Bonchev–Trinajstić information content (AvgIpc) is 2.98. The Morgan fingerprint density at radius 2 is 1.67 bits per heavy atom. The Balaban J connectivity index is 1.96. The number of benzene rings is 1. The highest BCUT2D eigenvalue weighted by Gasteiger charge is 2.42. The largest absolute Gasteiger partial charge is 0.497 e. The van der Waals surface area contributed by atoms with Gasteiger partial charge in [0.2, 0.25) is 10.0 Å². The van der Waals surface area contributed by atoms with Gasteiger partial charge in [0.25, 0.3) is 0 Å². The third-order valence-electron chi connectivity index (χ3n) is 4.62. The third kappa shape index (κ3) is 2.45. The van der Waals surface area contributed by atoms with E-state index in [1.807, 2.05) is 13.8 Å². The van der Waals surface area contributed by atoms with Crippen molar-refractivity contribution in [3.05, 3.63) is 23.3 Å². The number of hydrogen-bond donors (Lipinski definition) is 1. The van der Waals surface area contributed by atoms with Gasteiger partial charge < -0.3 is 10.1 Å². The molecule has 5 nitrogen and oxygen atoms in total. The van der Waals surface area contributed by atoms with Crippen LogP contribution in [0.2, 0.25) is 0 Å². The maximum atomic E-state index is 13.0. The van der Waals surface area contributed by atoms with Crippen LogP contribution in [0.4, 0.5) is 0 Å². The molecule has 1 aromatic rings. The van der Waals surface area contributed by atoms with E-state index < -0.39 is 10.0 Å². The van der Waals surface area contributed by atoms with Crippen molar-refractivity contribution >= 4 is 10.0 Å². The minimum atomic E-state index is -3.42. The fraction of sp³-hybridized carbons (Fsp3) is 0.600. The van der Waals surface area contributed by atoms with E-state index in [4.69, 9.17) is 4.74 Å². The number of ether oxygens (including phenoxy) is 1. The minimum absolute atomic E-state index is 0.441. The molecule has 2 heterocycles. The zero-order valence-corrected chi connectivity index (χ0v) is 13.5. The van der Waals surface area contributed by atoms with Crippen LogP contribution in [-0.4, -0.2) is 46.0 Å². The number of rotatable bonds is 3. The zero-order chi connectivity index (χ0) is 15.2. The SMILES string of the molecule is COc1cc(C)c(S(=O)(=O)N2C[C@H]3CNC[C@H]3C2)c(C)c1. The van der Waals surface area contributed by atoms with Crippen LogP contribution >= 0.6 is 0 Å². The van der Waals surface area contributed by atoms with Gasteiger partial charge in [-0.15, -0.1) is 0 Å². The molecule has 1 N–H and O–H groups in total. The van der Waals surface area contributed by atoms with Crippen LogP contribution in [0.15, 0.2) is 17.0 Å². The molecule has 3 rings (SSSR count). The molecule has 21 heavy (non-hydrogen) atoms. The van der Waals surface area contributed by atoms with Crippen molar-refractivity contribution in [1.29, 1.82) is 0 Å². The highest BCUT2D eigenvalue weighted by atomic mass is 32.2. The number of aryl methyl sites for hydroxylation is 2. The molecule has 2 saturated heterocycles. The van der Waals surface area contributed by atoms with E-state index in [0.29, 0.717) is 35.6 Å². The molecule has 0 radical (unpaired) electrons. The van der Waals surface area contributed by atoms with Gasteiger partial charge in [-0.1, -0.05) is 0 Å². The first-order valence-electron chi connectivity index (χ1n) is 7.29. The van der Waals surface area contributed by atoms with E-state index in [1.54, 1.807) is 23.5 Å². The van der Waals surface area contributed by atoms with Gasteiger partial charge in [-0.05, 0) is 62.0 Å². The molecule has 1 aromatic carbocycles. The Labute approximate surface area is 126 Å². The van der Waals surface area contributed by atoms with Crippen LogP contribution in [0, 0.1) is 25.7 Å². The summed E-state index contributed by atoms with van der Waals surface area (Å²) in [7, 11) is -1.82. The molecule has 6 heteroatoms. The van der Waals surface area contributed by atoms with Gasteiger partial charge in [-0.3, -0.25) is 0 Å². The summed E-state index contributed by atoms with van der Waals surface area (Å²) in [6.07, 6.45) is 0. The van der Waals surface area contributed by atoms with E-state index in [-0.39, 0.29) is 0 Å². The van der Waals surface area contributed by atoms with Crippen molar-refractivity contribution in [3.8, 4) is 5.75 Å². The van der Waals surface area contributed by atoms with Gasteiger partial charge in [0.1, 0.15) is 5.75 Å². The Bertz CT molecular complexity index is 622. The summed E-state index contributed by atoms with van der Waals surface area (Å²) in [6, 6.07) is 3.58. The van der Waals surface area contributed by atoms with E-state index in [1.165, 1.54) is 0 Å². The summed E-state index contributed by atoms with van der Waals surface area (Å²) < 4.78 is 32.8. The molecule has 0 amide bonds. The van der Waals surface area contributed by atoms with Crippen molar-refractivity contribution in [1.82, 2.24) is 9.62 Å². The third-order valence-corrected chi connectivity index (χ3v) is 6.76. The Morgan fingerprint density at radius 1 is 1.14 bits per heavy atom. The predicted molar refractivity (Wildman–Crippen MR) is 81.1 cm³/mol. The maximum absolute atomic E-state index is 13.0. The molecule has 2 fully saturated rings. The van der Waals surface area contributed by atoms with Gasteiger partial charge in [-0.2, -0.15) is 4.31 Å². The van der Waals surface area contributed by atoms with Crippen LogP contribution in [0.1, 0.15) is 11.1 Å². The highest BCUT2D eigenvalue weighted by molar-refractivity contribution is 7.89. The molecule has 2 aliphatic rings. The molecule has 2 atom stereocenters. The first-order chi connectivity index (χ1) is 9.93. The maximum Gasteiger partial charge on any atom is 0.243 e. The molecular weight excluding hydrogens is 288 g/mol. The number of hydrogen-bond acceptors (Lipinski definition) is 4. The van der Waals surface area contributed by atoms with Crippen LogP contribution in [0.25, 0.3) is 0 Å².